The molecule has 14 heteroatoms. The molecule has 0 aliphatic heterocycles. The number of ether oxygens (including phenoxy) is 1. The summed E-state index contributed by atoms with van der Waals surface area (Å²) >= 11 is 0. The van der Waals surface area contributed by atoms with E-state index in [0.717, 1.165) is 60.6 Å². The number of hydrogen-bond acceptors (Lipinski definition) is 7. The van der Waals surface area contributed by atoms with Crippen molar-refractivity contribution in [3.63, 3.8) is 0 Å². The molecule has 43 heavy (non-hydrogen) atoms. The molecule has 2 aliphatic carbocycles. The molecule has 0 unspecified atom stereocenters. The molecule has 5 aromatic rings. The lowest BCUT2D eigenvalue weighted by Crippen LogP contribution is -2.10. The van der Waals surface area contributed by atoms with Gasteiger partial charge in [0.25, 0.3) is 0 Å². The third-order valence-electron chi connectivity index (χ3n) is 7.76. The van der Waals surface area contributed by atoms with Crippen LogP contribution in [0.5, 0.6) is 5.88 Å². The first kappa shape index (κ1) is 27.3. The number of benzene rings is 1. The van der Waals surface area contributed by atoms with Crippen LogP contribution in [0.4, 0.5) is 22.0 Å². The Kier molecular flexibility index (Phi) is 6.58. The first-order valence-corrected chi connectivity index (χ1v) is 13.9. The molecule has 9 nitrogen and oxygen atoms in total. The number of aryl methyl sites for hydroxylation is 3. The molecule has 4 aromatic heterocycles. The third kappa shape index (κ3) is 5.19. The van der Waals surface area contributed by atoms with Gasteiger partial charge in [0.2, 0.25) is 5.88 Å². The van der Waals surface area contributed by atoms with Gasteiger partial charge >= 0.3 is 12.8 Å². The van der Waals surface area contributed by atoms with Crippen molar-refractivity contribution >= 4 is 11.0 Å². The lowest BCUT2D eigenvalue weighted by molar-refractivity contribution is -0.140. The van der Waals surface area contributed by atoms with Gasteiger partial charge in [0.05, 0.1) is 29.0 Å². The summed E-state index contributed by atoms with van der Waals surface area (Å²) < 4.78 is 74.1. The van der Waals surface area contributed by atoms with E-state index >= 15 is 0 Å². The molecular weight excluding hydrogens is 571 g/mol. The normalized spacial score (nSPS) is 15.3. The molecule has 1 aromatic carbocycles. The molecule has 7 rings (SSSR count). The van der Waals surface area contributed by atoms with Crippen LogP contribution in [-0.2, 0) is 32.6 Å². The molecule has 222 valence electrons. The van der Waals surface area contributed by atoms with Crippen LogP contribution < -0.4 is 4.74 Å². The van der Waals surface area contributed by atoms with E-state index < -0.39 is 18.5 Å². The quantitative estimate of drug-likeness (QED) is 0.209. The number of nitrogens with zero attached hydrogens (tertiary/aromatic N) is 8. The van der Waals surface area contributed by atoms with E-state index in [9.17, 15) is 22.0 Å². The highest BCUT2D eigenvalue weighted by atomic mass is 19.4. The first-order chi connectivity index (χ1) is 20.7. The van der Waals surface area contributed by atoms with Gasteiger partial charge in [-0.05, 0) is 44.1 Å². The molecule has 4 heterocycles. The Bertz CT molecular complexity index is 1830. The molecule has 0 saturated heterocycles. The fourth-order valence-corrected chi connectivity index (χ4v) is 5.62. The van der Waals surface area contributed by atoms with E-state index in [1.54, 1.807) is 16.8 Å². The molecule has 0 radical (unpaired) electrons. The molecule has 0 bridgehead atoms. The predicted octanol–water partition coefficient (Wildman–Crippen LogP) is 6.11. The number of imidazole rings is 1. The minimum absolute atomic E-state index is 0.0985. The molecular formula is C29H25F5N8O. The van der Waals surface area contributed by atoms with Gasteiger partial charge in [-0.15, -0.1) is 0 Å². The second kappa shape index (κ2) is 10.3. The van der Waals surface area contributed by atoms with Gasteiger partial charge in [-0.2, -0.15) is 27.1 Å². The molecule has 0 N–H and O–H groups in total. The third-order valence-corrected chi connectivity index (χ3v) is 7.76. The number of aromatic nitrogens is 8. The fourth-order valence-electron chi connectivity index (χ4n) is 5.62. The second-order valence-corrected chi connectivity index (χ2v) is 10.9. The predicted molar refractivity (Wildman–Crippen MR) is 144 cm³/mol. The number of alkyl halides is 5. The van der Waals surface area contributed by atoms with Crippen molar-refractivity contribution in [1.82, 2.24) is 39.3 Å². The molecule has 1 fully saturated rings. The van der Waals surface area contributed by atoms with E-state index in [2.05, 4.69) is 15.0 Å². The van der Waals surface area contributed by atoms with Crippen LogP contribution >= 0.6 is 0 Å². The summed E-state index contributed by atoms with van der Waals surface area (Å²) in [6.07, 6.45) is 2.65. The van der Waals surface area contributed by atoms with E-state index in [4.69, 9.17) is 19.8 Å². The maximum Gasteiger partial charge on any atom is 0.434 e. The van der Waals surface area contributed by atoms with Crippen molar-refractivity contribution in [2.75, 3.05) is 0 Å². The summed E-state index contributed by atoms with van der Waals surface area (Å²) in [6, 6.07) is 7.06. The summed E-state index contributed by atoms with van der Waals surface area (Å²) in [4.78, 5) is 21.9. The van der Waals surface area contributed by atoms with Gasteiger partial charge in [-0.25, -0.2) is 29.6 Å². The van der Waals surface area contributed by atoms with Gasteiger partial charge in [0, 0.05) is 24.7 Å². The van der Waals surface area contributed by atoms with E-state index in [1.165, 1.54) is 17.9 Å². The molecule has 2 aliphatic rings. The van der Waals surface area contributed by atoms with Gasteiger partial charge < -0.3 is 9.30 Å². The second-order valence-electron chi connectivity index (χ2n) is 10.9. The van der Waals surface area contributed by atoms with Crippen molar-refractivity contribution < 1.29 is 26.7 Å². The Morgan fingerprint density at radius 2 is 1.72 bits per heavy atom. The van der Waals surface area contributed by atoms with E-state index in [-0.39, 0.29) is 29.0 Å². The monoisotopic (exact) mass is 596 g/mol. The highest BCUT2D eigenvalue weighted by molar-refractivity contribution is 5.84. The molecule has 0 atom stereocenters. The van der Waals surface area contributed by atoms with Crippen LogP contribution in [-0.4, -0.2) is 45.9 Å². The lowest BCUT2D eigenvalue weighted by atomic mass is 10.1. The number of halogens is 5. The topological polar surface area (TPSA) is 96.4 Å². The summed E-state index contributed by atoms with van der Waals surface area (Å²) in [6.45, 7) is -2.75. The van der Waals surface area contributed by atoms with Crippen molar-refractivity contribution in [3.8, 4) is 28.7 Å². The Morgan fingerprint density at radius 3 is 2.40 bits per heavy atom. The van der Waals surface area contributed by atoms with Gasteiger partial charge in [-0.1, -0.05) is 24.3 Å². The SMILES string of the molecule is Cn1cc(C(F)(F)F)nc1-c1ccc(Cn2nc3c4c(nc(-c5c(OC(F)F)ncnc5C5CC5)nc42)CCCC3)cc1. The fraction of sp³-hybridized carbons (Fsp3) is 0.379. The number of hydrogen-bond donors (Lipinski definition) is 0. The summed E-state index contributed by atoms with van der Waals surface area (Å²) in [5, 5.41) is 5.72. The van der Waals surface area contributed by atoms with Crippen LogP contribution in [0.2, 0.25) is 0 Å². The summed E-state index contributed by atoms with van der Waals surface area (Å²) in [7, 11) is 1.52. The Labute approximate surface area is 241 Å². The first-order valence-electron chi connectivity index (χ1n) is 13.9. The minimum Gasteiger partial charge on any atom is -0.416 e. The van der Waals surface area contributed by atoms with Crippen molar-refractivity contribution in [3.05, 3.63) is 65.1 Å². The van der Waals surface area contributed by atoms with Crippen LogP contribution in [0.25, 0.3) is 33.8 Å². The average Bonchev–Trinajstić information content (AvgIpc) is 3.69. The molecule has 1 saturated carbocycles. The van der Waals surface area contributed by atoms with Crippen LogP contribution in [0, 0.1) is 0 Å². The minimum atomic E-state index is -4.53. The molecule has 0 spiro atoms. The summed E-state index contributed by atoms with van der Waals surface area (Å²) in [5.41, 5.74) is 3.52. The maximum absolute atomic E-state index is 13.4. The van der Waals surface area contributed by atoms with Gasteiger partial charge in [0.1, 0.15) is 17.7 Å². The highest BCUT2D eigenvalue weighted by Crippen LogP contribution is 2.45. The van der Waals surface area contributed by atoms with E-state index in [1.807, 2.05) is 12.1 Å². The van der Waals surface area contributed by atoms with Gasteiger partial charge in [-0.3, -0.25) is 0 Å². The van der Waals surface area contributed by atoms with Crippen LogP contribution in [0.15, 0.2) is 36.8 Å². The van der Waals surface area contributed by atoms with Gasteiger partial charge in [0.15, 0.2) is 17.2 Å². The summed E-state index contributed by atoms with van der Waals surface area (Å²) in [5.74, 6) is 0.271. The molecule has 0 amide bonds. The standard InChI is InChI=1S/C29H25F5N8O/c1-41-13-20(29(32,33)34)38-25(41)17-8-6-15(7-9-17)12-42-26-21-18(4-2-3-5-19(21)40-42)37-24(39-26)22-23(16-10-11-16)35-14-36-27(22)43-28(30)31/h6-9,13-14,16,28H,2-5,10-12H2,1H3. The Balaban J connectivity index is 1.29. The Morgan fingerprint density at radius 1 is 0.977 bits per heavy atom. The highest BCUT2D eigenvalue weighted by Gasteiger charge is 2.35. The zero-order chi connectivity index (χ0) is 29.9. The Hall–Kier alpha value is -4.49. The van der Waals surface area contributed by atoms with Crippen molar-refractivity contribution in [2.45, 2.75) is 63.8 Å². The van der Waals surface area contributed by atoms with Crippen molar-refractivity contribution in [1.29, 1.82) is 0 Å². The zero-order valence-electron chi connectivity index (χ0n) is 22.9. The van der Waals surface area contributed by atoms with E-state index in [0.29, 0.717) is 29.9 Å². The van der Waals surface area contributed by atoms with Crippen LogP contribution in [0.3, 0.4) is 0 Å². The largest absolute Gasteiger partial charge is 0.434 e. The lowest BCUT2D eigenvalue weighted by Gasteiger charge is -2.13. The van der Waals surface area contributed by atoms with Crippen LogP contribution in [0.1, 0.15) is 59.9 Å². The smallest absolute Gasteiger partial charge is 0.416 e. The number of rotatable bonds is 7. The van der Waals surface area contributed by atoms with Crippen molar-refractivity contribution in [2.24, 2.45) is 7.05 Å². The average molecular weight is 597 g/mol. The zero-order valence-corrected chi connectivity index (χ0v) is 22.9. The maximum atomic E-state index is 13.4.